The lowest BCUT2D eigenvalue weighted by Crippen LogP contribution is -2.33. The van der Waals surface area contributed by atoms with E-state index in [1.807, 2.05) is 12.1 Å². The molecule has 0 spiro atoms. The van der Waals surface area contributed by atoms with Gasteiger partial charge in [-0.1, -0.05) is 24.3 Å². The lowest BCUT2D eigenvalue weighted by atomic mass is 10.0. The number of hydrogen-bond donors (Lipinski definition) is 2. The molecule has 2 N–H and O–H groups in total. The predicted octanol–water partition coefficient (Wildman–Crippen LogP) is 3.61. The van der Waals surface area contributed by atoms with Gasteiger partial charge in [0.15, 0.2) is 11.5 Å². The molecule has 0 bridgehead atoms. The molecule has 2 aliphatic rings. The first-order chi connectivity index (χ1) is 17.9. The molecule has 1 saturated heterocycles. The van der Waals surface area contributed by atoms with Crippen molar-refractivity contribution in [2.24, 2.45) is 0 Å². The van der Waals surface area contributed by atoms with E-state index in [2.05, 4.69) is 10.6 Å². The number of nitrogens with zero attached hydrogens (tertiary/aromatic N) is 1. The summed E-state index contributed by atoms with van der Waals surface area (Å²) in [6, 6.07) is 16.7. The molecule has 190 valence electrons. The summed E-state index contributed by atoms with van der Waals surface area (Å²) < 4.78 is 30.8. The average molecular weight is 506 g/mol. The zero-order chi connectivity index (χ0) is 25.9. The normalized spacial score (nSPS) is 15.9. The number of halogens is 1. The second kappa shape index (κ2) is 10.2. The molecule has 0 radical (unpaired) electrons. The van der Waals surface area contributed by atoms with Crippen LogP contribution < -0.4 is 25.0 Å². The zero-order valence-corrected chi connectivity index (χ0v) is 20.0. The molecule has 5 rings (SSSR count). The van der Waals surface area contributed by atoms with Crippen molar-refractivity contribution in [1.29, 1.82) is 0 Å². The summed E-state index contributed by atoms with van der Waals surface area (Å²) in [6.45, 7) is 2.23. The summed E-state index contributed by atoms with van der Waals surface area (Å²) in [5.74, 6) is 0.196. The molecule has 2 aliphatic heterocycles. The second-order valence-corrected chi connectivity index (χ2v) is 8.67. The smallest absolute Gasteiger partial charge is 0.414 e. The average Bonchev–Trinajstić information content (AvgIpc) is 3.52. The van der Waals surface area contributed by atoms with Crippen molar-refractivity contribution in [3.8, 4) is 22.6 Å². The van der Waals surface area contributed by atoms with E-state index in [9.17, 15) is 18.8 Å². The van der Waals surface area contributed by atoms with Crippen molar-refractivity contribution in [3.05, 3.63) is 77.6 Å². The molecule has 3 aromatic rings. The molecule has 1 unspecified atom stereocenters. The van der Waals surface area contributed by atoms with E-state index in [-0.39, 0.29) is 31.7 Å². The Morgan fingerprint density at radius 3 is 2.54 bits per heavy atom. The van der Waals surface area contributed by atoms with Crippen molar-refractivity contribution in [2.75, 3.05) is 24.8 Å². The van der Waals surface area contributed by atoms with Crippen LogP contribution in [0, 0.1) is 5.82 Å². The summed E-state index contributed by atoms with van der Waals surface area (Å²) >= 11 is 0. The predicted molar refractivity (Wildman–Crippen MR) is 132 cm³/mol. The van der Waals surface area contributed by atoms with E-state index < -0.39 is 18.0 Å². The number of carbonyl (C=O) groups excluding carboxylic acids is 3. The van der Waals surface area contributed by atoms with Crippen LogP contribution in [0.4, 0.5) is 14.9 Å². The van der Waals surface area contributed by atoms with E-state index in [1.165, 1.54) is 17.9 Å². The number of fused-ring (bicyclic) bond motifs is 1. The Labute approximate surface area is 212 Å². The van der Waals surface area contributed by atoms with E-state index in [0.29, 0.717) is 40.4 Å². The largest absolute Gasteiger partial charge is 0.454 e. The molecule has 0 saturated carbocycles. The van der Waals surface area contributed by atoms with Gasteiger partial charge in [0.2, 0.25) is 12.7 Å². The van der Waals surface area contributed by atoms with Crippen LogP contribution >= 0.6 is 0 Å². The van der Waals surface area contributed by atoms with Gasteiger partial charge in [0.1, 0.15) is 11.9 Å². The number of ether oxygens (including phenoxy) is 3. The van der Waals surface area contributed by atoms with Crippen LogP contribution in [0.15, 0.2) is 60.7 Å². The monoisotopic (exact) mass is 505 g/mol. The summed E-state index contributed by atoms with van der Waals surface area (Å²) in [4.78, 5) is 37.1. The third-order valence-electron chi connectivity index (χ3n) is 6.07. The maximum absolute atomic E-state index is 15.0. The van der Waals surface area contributed by atoms with Crippen molar-refractivity contribution in [1.82, 2.24) is 10.6 Å². The molecule has 3 aromatic carbocycles. The fourth-order valence-electron chi connectivity index (χ4n) is 4.13. The number of carbonyl (C=O) groups is 3. The fourth-order valence-corrected chi connectivity index (χ4v) is 4.13. The quantitative estimate of drug-likeness (QED) is 0.508. The highest BCUT2D eigenvalue weighted by Gasteiger charge is 2.32. The van der Waals surface area contributed by atoms with Crippen LogP contribution in [0.3, 0.4) is 0 Å². The molecule has 37 heavy (non-hydrogen) atoms. The van der Waals surface area contributed by atoms with E-state index >= 15 is 0 Å². The number of anilines is 1. The van der Waals surface area contributed by atoms with Crippen LogP contribution in [-0.2, 0) is 16.1 Å². The highest BCUT2D eigenvalue weighted by Crippen LogP contribution is 2.32. The van der Waals surface area contributed by atoms with Gasteiger partial charge in [-0.25, -0.2) is 9.18 Å². The summed E-state index contributed by atoms with van der Waals surface area (Å²) in [5.41, 5.74) is 2.72. The Hall–Kier alpha value is -4.60. The van der Waals surface area contributed by atoms with Crippen LogP contribution in [0.25, 0.3) is 11.1 Å². The third-order valence-corrected chi connectivity index (χ3v) is 6.07. The van der Waals surface area contributed by atoms with Gasteiger partial charge in [0.25, 0.3) is 5.91 Å². The minimum Gasteiger partial charge on any atom is -0.454 e. The lowest BCUT2D eigenvalue weighted by molar-refractivity contribution is -0.119. The van der Waals surface area contributed by atoms with Gasteiger partial charge in [0.05, 0.1) is 18.8 Å². The Morgan fingerprint density at radius 1 is 1.00 bits per heavy atom. The van der Waals surface area contributed by atoms with E-state index in [0.717, 1.165) is 5.56 Å². The number of benzene rings is 3. The number of cyclic esters (lactones) is 1. The van der Waals surface area contributed by atoms with Crippen LogP contribution in [0.2, 0.25) is 0 Å². The van der Waals surface area contributed by atoms with Crippen LogP contribution in [0.1, 0.15) is 22.8 Å². The number of hydrogen-bond acceptors (Lipinski definition) is 6. The first-order valence-electron chi connectivity index (χ1n) is 11.7. The third kappa shape index (κ3) is 5.32. The summed E-state index contributed by atoms with van der Waals surface area (Å²) in [6.07, 6.45) is -1.09. The van der Waals surface area contributed by atoms with Crippen LogP contribution in [-0.4, -0.2) is 43.9 Å². The molecule has 0 aliphatic carbocycles. The zero-order valence-electron chi connectivity index (χ0n) is 20.0. The second-order valence-electron chi connectivity index (χ2n) is 8.67. The number of nitrogens with one attached hydrogen (secondary N) is 2. The Morgan fingerprint density at radius 2 is 1.78 bits per heavy atom. The van der Waals surface area contributed by atoms with Gasteiger partial charge >= 0.3 is 6.09 Å². The highest BCUT2D eigenvalue weighted by atomic mass is 19.1. The topological polar surface area (TPSA) is 106 Å². The van der Waals surface area contributed by atoms with Crippen molar-refractivity contribution in [2.45, 2.75) is 19.6 Å². The minimum absolute atomic E-state index is 0.140. The molecule has 2 heterocycles. The van der Waals surface area contributed by atoms with E-state index in [4.69, 9.17) is 14.2 Å². The standard InChI is InChI=1S/C27H24FN3O6/c1-16(32)29-13-21-14-31(27(34)37-21)20-7-8-22(23(28)11-20)18-4-2-17(3-5-18)12-30-26(33)19-6-9-24-25(10-19)36-15-35-24/h2-11,21H,12-15H2,1H3,(H,29,32)(H,30,33). The molecular formula is C27H24FN3O6. The van der Waals surface area contributed by atoms with Gasteiger partial charge in [-0.3, -0.25) is 14.5 Å². The molecule has 3 amide bonds. The maximum Gasteiger partial charge on any atom is 0.414 e. The van der Waals surface area contributed by atoms with Crippen molar-refractivity contribution < 1.29 is 33.0 Å². The minimum atomic E-state index is -0.588. The van der Waals surface area contributed by atoms with Gasteiger partial charge in [-0.15, -0.1) is 0 Å². The fraction of sp³-hybridized carbons (Fsp3) is 0.222. The first kappa shape index (κ1) is 24.1. The van der Waals surface area contributed by atoms with Gasteiger partial charge in [-0.05, 0) is 47.5 Å². The molecular weight excluding hydrogens is 481 g/mol. The van der Waals surface area contributed by atoms with Crippen molar-refractivity contribution >= 4 is 23.6 Å². The molecule has 9 nitrogen and oxygen atoms in total. The van der Waals surface area contributed by atoms with Crippen LogP contribution in [0.5, 0.6) is 11.5 Å². The molecule has 1 atom stereocenters. The lowest BCUT2D eigenvalue weighted by Gasteiger charge is -2.15. The molecule has 1 fully saturated rings. The summed E-state index contributed by atoms with van der Waals surface area (Å²) in [5, 5.41) is 5.47. The Bertz CT molecular complexity index is 1360. The Kier molecular flexibility index (Phi) is 6.63. The van der Waals surface area contributed by atoms with E-state index in [1.54, 1.807) is 42.5 Å². The van der Waals surface area contributed by atoms with Gasteiger partial charge in [-0.2, -0.15) is 0 Å². The number of rotatable bonds is 7. The van der Waals surface area contributed by atoms with Gasteiger partial charge in [0, 0.05) is 24.6 Å². The first-order valence-corrected chi connectivity index (χ1v) is 11.7. The number of amides is 3. The Balaban J connectivity index is 1.20. The molecule has 10 heteroatoms. The van der Waals surface area contributed by atoms with Crippen molar-refractivity contribution in [3.63, 3.8) is 0 Å². The SMILES string of the molecule is CC(=O)NCC1CN(c2ccc(-c3ccc(CNC(=O)c4ccc5c(c4)OCO5)cc3)c(F)c2)C(=O)O1. The maximum atomic E-state index is 15.0. The molecule has 0 aromatic heterocycles. The highest BCUT2D eigenvalue weighted by molar-refractivity contribution is 5.95. The summed E-state index contributed by atoms with van der Waals surface area (Å²) in [7, 11) is 0. The van der Waals surface area contributed by atoms with Gasteiger partial charge < -0.3 is 24.8 Å².